The summed E-state index contributed by atoms with van der Waals surface area (Å²) in [6, 6.07) is 7.15. The molecule has 0 saturated heterocycles. The van der Waals surface area contributed by atoms with Gasteiger partial charge in [0, 0.05) is 29.3 Å². The Balaban J connectivity index is 2.09. The van der Waals surface area contributed by atoms with Gasteiger partial charge in [-0.25, -0.2) is 0 Å². The second-order valence-electron chi connectivity index (χ2n) is 5.63. The van der Waals surface area contributed by atoms with E-state index in [0.717, 1.165) is 19.6 Å². The molecule has 0 bridgehead atoms. The molecule has 0 aromatic heterocycles. The highest BCUT2D eigenvalue weighted by Crippen LogP contribution is 2.29. The van der Waals surface area contributed by atoms with E-state index in [1.54, 1.807) is 0 Å². The van der Waals surface area contributed by atoms with Gasteiger partial charge in [-0.05, 0) is 50.9 Å². The zero-order valence-corrected chi connectivity index (χ0v) is 14.3. The minimum absolute atomic E-state index is 0.391. The summed E-state index contributed by atoms with van der Waals surface area (Å²) in [4.78, 5) is 2.44. The smallest absolute Gasteiger partial charge is 0.0380 e. The molecule has 2 rings (SSSR count). The van der Waals surface area contributed by atoms with Crippen LogP contribution >= 0.6 is 15.9 Å². The number of rotatable bonds is 5. The molecule has 20 heavy (non-hydrogen) atoms. The van der Waals surface area contributed by atoms with Crippen molar-refractivity contribution in [3.63, 3.8) is 0 Å². The zero-order valence-electron chi connectivity index (χ0n) is 12.7. The fourth-order valence-corrected chi connectivity index (χ4v) is 3.25. The van der Waals surface area contributed by atoms with Gasteiger partial charge in [0.25, 0.3) is 0 Å². The molecule has 0 fully saturated rings. The van der Waals surface area contributed by atoms with Crippen LogP contribution in [0.3, 0.4) is 0 Å². The minimum atomic E-state index is 0.391. The van der Waals surface area contributed by atoms with Crippen molar-refractivity contribution in [2.24, 2.45) is 0 Å². The lowest BCUT2D eigenvalue weighted by molar-refractivity contribution is 0.569. The largest absolute Gasteiger partial charge is 0.367 e. The van der Waals surface area contributed by atoms with Crippen molar-refractivity contribution in [3.05, 3.63) is 39.9 Å². The molecular weight excluding hydrogens is 312 g/mol. The Labute approximate surface area is 131 Å². The SMILES string of the molecule is CCCNC(C)c1ccc(N2CC=C(C)CC2)cc1Br. The van der Waals surface area contributed by atoms with Crippen LogP contribution in [-0.2, 0) is 0 Å². The van der Waals surface area contributed by atoms with Gasteiger partial charge in [0.1, 0.15) is 0 Å². The molecule has 1 atom stereocenters. The highest BCUT2D eigenvalue weighted by Gasteiger charge is 2.13. The van der Waals surface area contributed by atoms with Crippen molar-refractivity contribution in [3.8, 4) is 0 Å². The number of hydrogen-bond donors (Lipinski definition) is 1. The molecule has 1 heterocycles. The average Bonchev–Trinajstić information content (AvgIpc) is 2.45. The summed E-state index contributed by atoms with van der Waals surface area (Å²) < 4.78 is 1.21. The van der Waals surface area contributed by atoms with E-state index in [2.05, 4.69) is 71.2 Å². The average molecular weight is 337 g/mol. The third-order valence-electron chi connectivity index (χ3n) is 3.95. The summed E-state index contributed by atoms with van der Waals surface area (Å²) >= 11 is 3.74. The number of nitrogens with zero attached hydrogens (tertiary/aromatic N) is 1. The van der Waals surface area contributed by atoms with Gasteiger partial charge in [-0.15, -0.1) is 0 Å². The monoisotopic (exact) mass is 336 g/mol. The van der Waals surface area contributed by atoms with Crippen molar-refractivity contribution in [2.75, 3.05) is 24.5 Å². The van der Waals surface area contributed by atoms with Gasteiger partial charge in [0.2, 0.25) is 0 Å². The van der Waals surface area contributed by atoms with Crippen LogP contribution in [0, 0.1) is 0 Å². The summed E-state index contributed by atoms with van der Waals surface area (Å²) in [6.45, 7) is 9.86. The normalized spacial score (nSPS) is 17.0. The number of anilines is 1. The first-order valence-corrected chi connectivity index (χ1v) is 8.34. The fraction of sp³-hybridized carbons (Fsp3) is 0.529. The molecule has 1 N–H and O–H groups in total. The third-order valence-corrected chi connectivity index (χ3v) is 4.64. The van der Waals surface area contributed by atoms with E-state index in [1.807, 2.05) is 0 Å². The lowest BCUT2D eigenvalue weighted by Gasteiger charge is -2.28. The van der Waals surface area contributed by atoms with Crippen molar-refractivity contribution < 1.29 is 0 Å². The second kappa shape index (κ2) is 7.28. The number of hydrogen-bond acceptors (Lipinski definition) is 2. The third kappa shape index (κ3) is 3.86. The maximum absolute atomic E-state index is 3.74. The van der Waals surface area contributed by atoms with Gasteiger partial charge < -0.3 is 10.2 Å². The lowest BCUT2D eigenvalue weighted by atomic mass is 10.1. The molecular formula is C17H25BrN2. The molecule has 1 aliphatic heterocycles. The molecule has 0 aliphatic carbocycles. The highest BCUT2D eigenvalue weighted by atomic mass is 79.9. The topological polar surface area (TPSA) is 15.3 Å². The Kier molecular flexibility index (Phi) is 5.67. The van der Waals surface area contributed by atoms with Crippen LogP contribution in [0.25, 0.3) is 0 Å². The van der Waals surface area contributed by atoms with Crippen LogP contribution in [0.2, 0.25) is 0 Å². The van der Waals surface area contributed by atoms with Crippen LogP contribution in [0.4, 0.5) is 5.69 Å². The Morgan fingerprint density at radius 2 is 2.20 bits per heavy atom. The van der Waals surface area contributed by atoms with E-state index in [-0.39, 0.29) is 0 Å². The first kappa shape index (κ1) is 15.6. The Hall–Kier alpha value is -0.800. The molecule has 0 amide bonds. The molecule has 2 nitrogen and oxygen atoms in total. The van der Waals surface area contributed by atoms with E-state index in [0.29, 0.717) is 6.04 Å². The molecule has 1 aliphatic rings. The van der Waals surface area contributed by atoms with Gasteiger partial charge >= 0.3 is 0 Å². The van der Waals surface area contributed by atoms with Crippen molar-refractivity contribution in [2.45, 2.75) is 39.7 Å². The predicted molar refractivity (Wildman–Crippen MR) is 91.4 cm³/mol. The van der Waals surface area contributed by atoms with E-state index >= 15 is 0 Å². The number of nitrogens with one attached hydrogen (secondary N) is 1. The summed E-state index contributed by atoms with van der Waals surface area (Å²) in [5.41, 5.74) is 4.16. The minimum Gasteiger partial charge on any atom is -0.367 e. The standard InChI is InChI=1S/C17H25BrN2/c1-4-9-19-14(3)16-6-5-15(12-17(16)18)20-10-7-13(2)8-11-20/h5-7,12,14,19H,4,8-11H2,1-3H3. The maximum Gasteiger partial charge on any atom is 0.0380 e. The van der Waals surface area contributed by atoms with Gasteiger partial charge in [0.05, 0.1) is 0 Å². The number of halogens is 1. The highest BCUT2D eigenvalue weighted by molar-refractivity contribution is 9.10. The predicted octanol–water partition coefficient (Wildman–Crippen LogP) is 4.67. The van der Waals surface area contributed by atoms with Crippen LogP contribution < -0.4 is 10.2 Å². The lowest BCUT2D eigenvalue weighted by Crippen LogP contribution is -2.28. The van der Waals surface area contributed by atoms with Crippen molar-refractivity contribution in [1.29, 1.82) is 0 Å². The van der Waals surface area contributed by atoms with Crippen LogP contribution in [-0.4, -0.2) is 19.6 Å². The zero-order chi connectivity index (χ0) is 14.5. The van der Waals surface area contributed by atoms with E-state index in [1.165, 1.54) is 34.1 Å². The number of benzene rings is 1. The summed E-state index contributed by atoms with van der Waals surface area (Å²) in [7, 11) is 0. The maximum atomic E-state index is 3.74. The summed E-state index contributed by atoms with van der Waals surface area (Å²) in [5.74, 6) is 0. The van der Waals surface area contributed by atoms with Crippen molar-refractivity contribution >= 4 is 21.6 Å². The van der Waals surface area contributed by atoms with E-state index in [4.69, 9.17) is 0 Å². The molecule has 1 unspecified atom stereocenters. The first-order chi connectivity index (χ1) is 9.61. The van der Waals surface area contributed by atoms with Crippen LogP contribution in [0.1, 0.15) is 45.2 Å². The van der Waals surface area contributed by atoms with Gasteiger partial charge in [-0.1, -0.05) is 40.6 Å². The molecule has 1 aromatic rings. The van der Waals surface area contributed by atoms with Gasteiger partial charge in [-0.3, -0.25) is 0 Å². The van der Waals surface area contributed by atoms with Gasteiger partial charge in [-0.2, -0.15) is 0 Å². The van der Waals surface area contributed by atoms with Crippen LogP contribution in [0.5, 0.6) is 0 Å². The molecule has 0 saturated carbocycles. The van der Waals surface area contributed by atoms with Crippen LogP contribution in [0.15, 0.2) is 34.3 Å². The van der Waals surface area contributed by atoms with E-state index in [9.17, 15) is 0 Å². The van der Waals surface area contributed by atoms with E-state index < -0.39 is 0 Å². The first-order valence-electron chi connectivity index (χ1n) is 7.55. The second-order valence-corrected chi connectivity index (χ2v) is 6.48. The Bertz CT molecular complexity index is 482. The molecule has 110 valence electrons. The molecule has 3 heteroatoms. The summed E-state index contributed by atoms with van der Waals surface area (Å²) in [5, 5.41) is 3.54. The van der Waals surface area contributed by atoms with Crippen molar-refractivity contribution in [1.82, 2.24) is 5.32 Å². The Morgan fingerprint density at radius 1 is 1.40 bits per heavy atom. The fourth-order valence-electron chi connectivity index (χ4n) is 2.54. The quantitative estimate of drug-likeness (QED) is 0.786. The Morgan fingerprint density at radius 3 is 2.80 bits per heavy atom. The molecule has 0 spiro atoms. The molecule has 1 aromatic carbocycles. The summed E-state index contributed by atoms with van der Waals surface area (Å²) in [6.07, 6.45) is 4.67. The molecule has 0 radical (unpaired) electrons. The van der Waals surface area contributed by atoms with Gasteiger partial charge in [0.15, 0.2) is 0 Å².